The average molecular weight is 380 g/mol. The molecule has 0 bridgehead atoms. The summed E-state index contributed by atoms with van der Waals surface area (Å²) in [6, 6.07) is 17.9. The number of methoxy groups -OCH3 is 1. The van der Waals surface area contributed by atoms with Crippen LogP contribution in [0.5, 0.6) is 5.75 Å². The minimum atomic E-state index is 0.229. The molecule has 0 aromatic heterocycles. The van der Waals surface area contributed by atoms with Crippen molar-refractivity contribution in [3.8, 4) is 5.75 Å². The first kappa shape index (κ1) is 20.3. The van der Waals surface area contributed by atoms with Gasteiger partial charge in [0.15, 0.2) is 5.78 Å². The highest BCUT2D eigenvalue weighted by Gasteiger charge is 2.21. The van der Waals surface area contributed by atoms with Crippen LogP contribution in [0.25, 0.3) is 0 Å². The zero-order chi connectivity index (χ0) is 19.6. The van der Waals surface area contributed by atoms with Gasteiger partial charge in [-0.2, -0.15) is 0 Å². The SMILES string of the molecule is COc1ccc(COCCC2=CCC(COCc3ccccc3)CC2=O)cc1. The molecule has 0 saturated heterocycles. The van der Waals surface area contributed by atoms with E-state index in [0.717, 1.165) is 28.9 Å². The number of hydrogen-bond acceptors (Lipinski definition) is 4. The Balaban J connectivity index is 1.34. The lowest BCUT2D eigenvalue weighted by atomic mass is 9.88. The maximum atomic E-state index is 12.4. The lowest BCUT2D eigenvalue weighted by Crippen LogP contribution is -2.20. The summed E-state index contributed by atoms with van der Waals surface area (Å²) in [5.41, 5.74) is 3.16. The third-order valence-electron chi connectivity index (χ3n) is 4.94. The molecule has 0 amide bonds. The first-order valence-corrected chi connectivity index (χ1v) is 9.79. The predicted molar refractivity (Wildman–Crippen MR) is 109 cm³/mol. The van der Waals surface area contributed by atoms with Gasteiger partial charge in [-0.25, -0.2) is 0 Å². The van der Waals surface area contributed by atoms with Crippen LogP contribution in [0.15, 0.2) is 66.2 Å². The van der Waals surface area contributed by atoms with Crippen LogP contribution < -0.4 is 4.74 Å². The maximum absolute atomic E-state index is 12.4. The number of ether oxygens (including phenoxy) is 3. The van der Waals surface area contributed by atoms with E-state index in [1.165, 1.54) is 0 Å². The Morgan fingerprint density at radius 3 is 2.36 bits per heavy atom. The number of allylic oxidation sites excluding steroid dienone is 1. The van der Waals surface area contributed by atoms with Gasteiger partial charge < -0.3 is 14.2 Å². The van der Waals surface area contributed by atoms with E-state index in [9.17, 15) is 4.79 Å². The van der Waals surface area contributed by atoms with Crippen LogP contribution in [0.2, 0.25) is 0 Å². The molecule has 0 fully saturated rings. The van der Waals surface area contributed by atoms with Gasteiger partial charge in [0, 0.05) is 6.42 Å². The predicted octanol–water partition coefficient (Wildman–Crippen LogP) is 4.72. The van der Waals surface area contributed by atoms with E-state index in [0.29, 0.717) is 39.3 Å². The third kappa shape index (κ3) is 6.32. The molecule has 2 aromatic rings. The Bertz CT molecular complexity index is 765. The van der Waals surface area contributed by atoms with Crippen molar-refractivity contribution >= 4 is 5.78 Å². The summed E-state index contributed by atoms with van der Waals surface area (Å²) in [4.78, 5) is 12.4. The van der Waals surface area contributed by atoms with Crippen molar-refractivity contribution in [3.63, 3.8) is 0 Å². The number of carbonyl (C=O) groups is 1. The molecule has 0 N–H and O–H groups in total. The van der Waals surface area contributed by atoms with Gasteiger partial charge in [0.2, 0.25) is 0 Å². The van der Waals surface area contributed by atoms with E-state index in [4.69, 9.17) is 14.2 Å². The third-order valence-corrected chi connectivity index (χ3v) is 4.94. The van der Waals surface area contributed by atoms with Gasteiger partial charge in [-0.15, -0.1) is 0 Å². The van der Waals surface area contributed by atoms with Crippen molar-refractivity contribution in [1.82, 2.24) is 0 Å². The highest BCUT2D eigenvalue weighted by Crippen LogP contribution is 2.23. The second kappa shape index (κ2) is 10.8. The number of Topliss-reactive ketones (excluding diaryl/α,β-unsaturated/α-hetero) is 1. The van der Waals surface area contributed by atoms with E-state index in [-0.39, 0.29) is 11.7 Å². The van der Waals surface area contributed by atoms with Crippen LogP contribution in [0.3, 0.4) is 0 Å². The molecule has 1 unspecified atom stereocenters. The number of rotatable bonds is 10. The van der Waals surface area contributed by atoms with E-state index in [1.807, 2.05) is 42.5 Å². The van der Waals surface area contributed by atoms with E-state index >= 15 is 0 Å². The fourth-order valence-electron chi connectivity index (χ4n) is 3.28. The van der Waals surface area contributed by atoms with E-state index in [2.05, 4.69) is 18.2 Å². The smallest absolute Gasteiger partial charge is 0.159 e. The van der Waals surface area contributed by atoms with Gasteiger partial charge >= 0.3 is 0 Å². The lowest BCUT2D eigenvalue weighted by molar-refractivity contribution is -0.117. The Hall–Kier alpha value is -2.43. The molecule has 1 atom stereocenters. The van der Waals surface area contributed by atoms with E-state index < -0.39 is 0 Å². The fraction of sp³-hybridized carbons (Fsp3) is 0.375. The molecule has 2 aromatic carbocycles. The van der Waals surface area contributed by atoms with Crippen LogP contribution in [0.4, 0.5) is 0 Å². The molecule has 1 aliphatic rings. The van der Waals surface area contributed by atoms with Crippen molar-refractivity contribution < 1.29 is 19.0 Å². The monoisotopic (exact) mass is 380 g/mol. The second-order valence-electron chi connectivity index (χ2n) is 7.11. The fourth-order valence-corrected chi connectivity index (χ4v) is 3.28. The molecule has 0 spiro atoms. The van der Waals surface area contributed by atoms with Gasteiger partial charge in [-0.1, -0.05) is 48.5 Å². The van der Waals surface area contributed by atoms with Gasteiger partial charge in [-0.05, 0) is 47.6 Å². The molecule has 0 aliphatic heterocycles. The van der Waals surface area contributed by atoms with Crippen LogP contribution in [-0.4, -0.2) is 26.1 Å². The average Bonchev–Trinajstić information content (AvgIpc) is 2.73. The highest BCUT2D eigenvalue weighted by molar-refractivity contribution is 5.96. The van der Waals surface area contributed by atoms with E-state index in [1.54, 1.807) is 7.11 Å². The number of ketones is 1. The molecular formula is C24H28O4. The summed E-state index contributed by atoms with van der Waals surface area (Å²) >= 11 is 0. The second-order valence-corrected chi connectivity index (χ2v) is 7.11. The molecule has 3 rings (SSSR count). The zero-order valence-corrected chi connectivity index (χ0v) is 16.4. The molecule has 4 heteroatoms. The minimum absolute atomic E-state index is 0.229. The first-order valence-electron chi connectivity index (χ1n) is 9.79. The molecule has 0 radical (unpaired) electrons. The molecule has 148 valence electrons. The van der Waals surface area contributed by atoms with Crippen molar-refractivity contribution in [1.29, 1.82) is 0 Å². The summed E-state index contributed by atoms with van der Waals surface area (Å²) in [5, 5.41) is 0. The normalized spacial score (nSPS) is 16.7. The molecule has 4 nitrogen and oxygen atoms in total. The summed E-state index contributed by atoms with van der Waals surface area (Å²) in [6.07, 6.45) is 4.21. The summed E-state index contributed by atoms with van der Waals surface area (Å²) in [7, 11) is 1.65. The van der Waals surface area contributed by atoms with Gasteiger partial charge in [0.1, 0.15) is 5.75 Å². The van der Waals surface area contributed by atoms with Crippen LogP contribution in [0.1, 0.15) is 30.4 Å². The van der Waals surface area contributed by atoms with Crippen molar-refractivity contribution in [2.24, 2.45) is 5.92 Å². The Labute approximate surface area is 167 Å². The van der Waals surface area contributed by atoms with Crippen molar-refractivity contribution in [2.45, 2.75) is 32.5 Å². The number of benzene rings is 2. The Kier molecular flexibility index (Phi) is 7.82. The largest absolute Gasteiger partial charge is 0.497 e. The quantitative estimate of drug-likeness (QED) is 0.559. The topological polar surface area (TPSA) is 44.8 Å². The van der Waals surface area contributed by atoms with Gasteiger partial charge in [0.05, 0.1) is 33.5 Å². The lowest BCUT2D eigenvalue weighted by Gasteiger charge is -2.21. The first-order chi connectivity index (χ1) is 13.7. The van der Waals surface area contributed by atoms with Gasteiger partial charge in [-0.3, -0.25) is 4.79 Å². The zero-order valence-electron chi connectivity index (χ0n) is 16.4. The Morgan fingerprint density at radius 1 is 0.929 bits per heavy atom. The molecule has 1 aliphatic carbocycles. The maximum Gasteiger partial charge on any atom is 0.159 e. The van der Waals surface area contributed by atoms with Crippen LogP contribution >= 0.6 is 0 Å². The molecule has 0 heterocycles. The standard InChI is InChI=1S/C24H28O4/c1-26-23-11-8-20(9-12-23)16-27-14-13-22-10-7-21(15-24(22)25)18-28-17-19-5-3-2-4-6-19/h2-6,8-12,21H,7,13-18H2,1H3. The number of hydrogen-bond donors (Lipinski definition) is 0. The molecule has 0 saturated carbocycles. The van der Waals surface area contributed by atoms with Crippen LogP contribution in [0, 0.1) is 5.92 Å². The number of carbonyl (C=O) groups excluding carboxylic acids is 1. The molecular weight excluding hydrogens is 352 g/mol. The Morgan fingerprint density at radius 2 is 1.64 bits per heavy atom. The summed E-state index contributed by atoms with van der Waals surface area (Å²) < 4.78 is 16.7. The van der Waals surface area contributed by atoms with Crippen molar-refractivity contribution in [3.05, 3.63) is 77.4 Å². The highest BCUT2D eigenvalue weighted by atomic mass is 16.5. The summed E-state index contributed by atoms with van der Waals surface area (Å²) in [6.45, 7) is 2.32. The molecule has 28 heavy (non-hydrogen) atoms. The van der Waals surface area contributed by atoms with Crippen LogP contribution in [-0.2, 0) is 27.5 Å². The summed E-state index contributed by atoms with van der Waals surface area (Å²) in [5.74, 6) is 1.34. The minimum Gasteiger partial charge on any atom is -0.497 e. The van der Waals surface area contributed by atoms with Gasteiger partial charge in [0.25, 0.3) is 0 Å². The van der Waals surface area contributed by atoms with Crippen molar-refractivity contribution in [2.75, 3.05) is 20.3 Å².